The molecule has 3 heteroatoms. The number of carbonyl (C=O) groups is 1. The summed E-state index contributed by atoms with van der Waals surface area (Å²) in [6.07, 6.45) is 3.72. The number of ketones is 1. The molecular formula is C15H17NOS. The number of nitrogens with zero attached hydrogens (tertiary/aromatic N) is 1. The van der Waals surface area contributed by atoms with E-state index in [1.807, 2.05) is 12.1 Å². The molecule has 2 nitrogen and oxygen atoms in total. The zero-order valence-corrected chi connectivity index (χ0v) is 11.8. The van der Waals surface area contributed by atoms with Gasteiger partial charge in [0, 0.05) is 11.3 Å². The molecule has 1 aromatic rings. The van der Waals surface area contributed by atoms with Crippen molar-refractivity contribution in [1.82, 2.24) is 0 Å². The normalized spacial score (nSPS) is 25.3. The van der Waals surface area contributed by atoms with E-state index in [0.29, 0.717) is 12.2 Å². The molecule has 1 unspecified atom stereocenters. The molecule has 18 heavy (non-hydrogen) atoms. The Bertz CT molecular complexity index is 611. The van der Waals surface area contributed by atoms with Gasteiger partial charge in [-0.15, -0.1) is 10.5 Å². The molecule has 0 saturated heterocycles. The summed E-state index contributed by atoms with van der Waals surface area (Å²) in [7, 11) is -0.109. The molecule has 3 rings (SSSR count). The number of benzene rings is 1. The zero-order valence-electron chi connectivity index (χ0n) is 11.0. The first kappa shape index (κ1) is 11.8. The van der Waals surface area contributed by atoms with Gasteiger partial charge in [0.05, 0.1) is 16.3 Å². The fourth-order valence-electron chi connectivity index (χ4n) is 2.77. The number of Topliss-reactive ketones (excluding diaryl/α,β-unsaturated/α-hetero) is 1. The Morgan fingerprint density at radius 3 is 2.72 bits per heavy atom. The van der Waals surface area contributed by atoms with Gasteiger partial charge in [0.2, 0.25) is 0 Å². The molecule has 0 N–H and O–H groups in total. The topological polar surface area (TPSA) is 29.4 Å². The quantitative estimate of drug-likeness (QED) is 0.655. The van der Waals surface area contributed by atoms with Crippen molar-refractivity contribution in [2.24, 2.45) is 10.4 Å². The van der Waals surface area contributed by atoms with Crippen LogP contribution in [0.4, 0.5) is 5.69 Å². The van der Waals surface area contributed by atoms with E-state index in [1.165, 1.54) is 4.90 Å². The minimum Gasteiger partial charge on any atom is -0.294 e. The largest absolute Gasteiger partial charge is 0.294 e. The standard InChI is InChI=1S/C15H17NOS/c1-15(2)8-11-14(12(17)9-15)18(3)13-7-5-4-6-10(13)16-11/h4-7H,8-9H2,1-3H3. The van der Waals surface area contributed by atoms with Crippen molar-refractivity contribution in [1.29, 1.82) is 0 Å². The molecule has 1 aromatic carbocycles. The van der Waals surface area contributed by atoms with E-state index in [4.69, 9.17) is 4.99 Å². The third-order valence-corrected chi connectivity index (χ3v) is 5.64. The van der Waals surface area contributed by atoms with Gasteiger partial charge in [-0.05, 0) is 30.2 Å². The molecule has 1 saturated carbocycles. The summed E-state index contributed by atoms with van der Waals surface area (Å²) in [5.41, 5.74) is 2.13. The predicted octanol–water partition coefficient (Wildman–Crippen LogP) is 3.59. The van der Waals surface area contributed by atoms with Crippen molar-refractivity contribution in [3.05, 3.63) is 24.3 Å². The molecule has 1 aliphatic carbocycles. The van der Waals surface area contributed by atoms with Crippen LogP contribution in [-0.4, -0.2) is 22.6 Å². The maximum atomic E-state index is 12.4. The molecule has 1 atom stereocenters. The monoisotopic (exact) mass is 259 g/mol. The van der Waals surface area contributed by atoms with Gasteiger partial charge in [-0.1, -0.05) is 26.0 Å². The predicted molar refractivity (Wildman–Crippen MR) is 78.3 cm³/mol. The van der Waals surface area contributed by atoms with Crippen LogP contribution in [0, 0.1) is 5.41 Å². The van der Waals surface area contributed by atoms with Crippen molar-refractivity contribution in [2.75, 3.05) is 6.26 Å². The van der Waals surface area contributed by atoms with E-state index in [2.05, 4.69) is 32.2 Å². The van der Waals surface area contributed by atoms with Crippen molar-refractivity contribution < 1.29 is 4.79 Å². The van der Waals surface area contributed by atoms with Crippen LogP contribution in [0.3, 0.4) is 0 Å². The van der Waals surface area contributed by atoms with Crippen LogP contribution >= 0.6 is 10.5 Å². The smallest absolute Gasteiger partial charge is 0.171 e. The summed E-state index contributed by atoms with van der Waals surface area (Å²) in [6, 6.07) is 8.19. The highest BCUT2D eigenvalue weighted by Crippen LogP contribution is 2.43. The third-order valence-electron chi connectivity index (χ3n) is 3.56. The van der Waals surface area contributed by atoms with Gasteiger partial charge in [0.25, 0.3) is 0 Å². The molecule has 1 heterocycles. The van der Waals surface area contributed by atoms with Crippen LogP contribution in [0.25, 0.3) is 0 Å². The molecular weight excluding hydrogens is 242 g/mol. The average molecular weight is 259 g/mol. The average Bonchev–Trinajstić information content (AvgIpc) is 2.26. The number of para-hydroxylation sites is 1. The van der Waals surface area contributed by atoms with E-state index in [9.17, 15) is 4.79 Å². The van der Waals surface area contributed by atoms with Crippen LogP contribution in [-0.2, 0) is 4.79 Å². The van der Waals surface area contributed by atoms with Crippen LogP contribution in [0.15, 0.2) is 34.2 Å². The highest BCUT2D eigenvalue weighted by Gasteiger charge is 2.37. The highest BCUT2D eigenvalue weighted by molar-refractivity contribution is 8.17. The Balaban J connectivity index is 2.22. The maximum Gasteiger partial charge on any atom is 0.171 e. The van der Waals surface area contributed by atoms with E-state index < -0.39 is 0 Å². The summed E-state index contributed by atoms with van der Waals surface area (Å²) in [6.45, 7) is 4.30. The number of aliphatic imine (C=N–C) groups is 1. The molecule has 0 spiro atoms. The number of hydrogen-bond donors (Lipinski definition) is 0. The zero-order chi connectivity index (χ0) is 12.9. The lowest BCUT2D eigenvalue weighted by atomic mass is 9.75. The van der Waals surface area contributed by atoms with Gasteiger partial charge in [-0.2, -0.15) is 0 Å². The molecule has 0 aromatic heterocycles. The third kappa shape index (κ3) is 1.77. The second-order valence-corrected chi connectivity index (χ2v) is 7.68. The molecule has 1 fully saturated rings. The Labute approximate surface area is 110 Å². The van der Waals surface area contributed by atoms with Crippen LogP contribution in [0.1, 0.15) is 26.7 Å². The lowest BCUT2D eigenvalue weighted by molar-refractivity contribution is -0.114. The minimum atomic E-state index is -0.109. The maximum absolute atomic E-state index is 12.4. The Hall–Kier alpha value is -1.22. The first-order valence-electron chi connectivity index (χ1n) is 6.21. The number of hydrogen-bond acceptors (Lipinski definition) is 2. The van der Waals surface area contributed by atoms with Gasteiger partial charge in [0.15, 0.2) is 5.78 Å². The molecule has 0 amide bonds. The van der Waals surface area contributed by atoms with E-state index >= 15 is 0 Å². The molecule has 0 bridgehead atoms. The summed E-state index contributed by atoms with van der Waals surface area (Å²) in [4.78, 5) is 19.3. The Kier molecular flexibility index (Phi) is 2.56. The van der Waals surface area contributed by atoms with Crippen LogP contribution in [0.2, 0.25) is 0 Å². The number of fused-ring (bicyclic) bond motifs is 2. The molecule has 2 aliphatic rings. The molecule has 94 valence electrons. The first-order valence-corrected chi connectivity index (χ1v) is 7.84. The van der Waals surface area contributed by atoms with E-state index in [0.717, 1.165) is 22.7 Å². The molecule has 0 radical (unpaired) electrons. The van der Waals surface area contributed by atoms with Crippen molar-refractivity contribution in [3.8, 4) is 0 Å². The van der Waals surface area contributed by atoms with Crippen molar-refractivity contribution in [2.45, 2.75) is 31.6 Å². The van der Waals surface area contributed by atoms with Gasteiger partial charge in [-0.3, -0.25) is 9.79 Å². The van der Waals surface area contributed by atoms with Gasteiger partial charge < -0.3 is 0 Å². The summed E-state index contributed by atoms with van der Waals surface area (Å²) in [5.74, 6) is 0.297. The summed E-state index contributed by atoms with van der Waals surface area (Å²) in [5, 5.41) is 0. The van der Waals surface area contributed by atoms with Crippen molar-refractivity contribution in [3.63, 3.8) is 0 Å². The first-order chi connectivity index (χ1) is 8.48. The minimum absolute atomic E-state index is 0.0515. The highest BCUT2D eigenvalue weighted by atomic mass is 32.2. The van der Waals surface area contributed by atoms with Gasteiger partial charge in [0.1, 0.15) is 0 Å². The van der Waals surface area contributed by atoms with Crippen LogP contribution in [0.5, 0.6) is 0 Å². The molecule has 1 aliphatic heterocycles. The Morgan fingerprint density at radius 1 is 1.22 bits per heavy atom. The van der Waals surface area contributed by atoms with Crippen LogP contribution < -0.4 is 0 Å². The number of rotatable bonds is 0. The van der Waals surface area contributed by atoms with Gasteiger partial charge >= 0.3 is 0 Å². The Morgan fingerprint density at radius 2 is 1.94 bits per heavy atom. The second-order valence-electron chi connectivity index (χ2n) is 5.81. The second kappa shape index (κ2) is 3.89. The lowest BCUT2D eigenvalue weighted by Crippen LogP contribution is -2.38. The SMILES string of the molecule is CS1=C2C(=O)CC(C)(C)CC2=Nc2ccccc21. The fraction of sp³-hybridized carbons (Fsp3) is 0.400. The fourth-order valence-corrected chi connectivity index (χ4v) is 4.59. The van der Waals surface area contributed by atoms with Gasteiger partial charge in [-0.25, -0.2) is 0 Å². The summed E-state index contributed by atoms with van der Waals surface area (Å²) >= 11 is 0. The van der Waals surface area contributed by atoms with Crippen molar-refractivity contribution >= 4 is 32.5 Å². The number of carbonyl (C=O) groups excluding carboxylic acids is 1. The van der Waals surface area contributed by atoms with E-state index in [1.54, 1.807) is 0 Å². The van der Waals surface area contributed by atoms with E-state index in [-0.39, 0.29) is 15.9 Å². The lowest BCUT2D eigenvalue weighted by Gasteiger charge is -2.34. The summed E-state index contributed by atoms with van der Waals surface area (Å²) < 4.78 is 0.